The molecule has 4 heteroatoms. The van der Waals surface area contributed by atoms with Gasteiger partial charge in [0.15, 0.2) is 0 Å². The lowest BCUT2D eigenvalue weighted by Crippen LogP contribution is -2.27. The summed E-state index contributed by atoms with van der Waals surface area (Å²) in [5.74, 6) is 0. The van der Waals surface area contributed by atoms with Gasteiger partial charge in [-0.25, -0.2) is 0 Å². The van der Waals surface area contributed by atoms with Crippen LogP contribution in [0, 0.1) is 0 Å². The quantitative estimate of drug-likeness (QED) is 0.678. The molecular weight excluding hydrogens is 172 g/mol. The van der Waals surface area contributed by atoms with Crippen LogP contribution in [0.3, 0.4) is 0 Å². The number of hydrogen-bond acceptors (Lipinski definition) is 2. The smallest absolute Gasteiger partial charge is 0.260 e. The number of aromatic nitrogens is 1. The number of nitrogens with two attached hydrogens (primary N) is 1. The Bertz CT molecular complexity index is 356. The van der Waals surface area contributed by atoms with E-state index in [0.29, 0.717) is 12.1 Å². The molecule has 0 atom stereocenters. The van der Waals surface area contributed by atoms with E-state index in [0.717, 1.165) is 0 Å². The van der Waals surface area contributed by atoms with E-state index in [-0.39, 0.29) is 10.5 Å². The summed E-state index contributed by atoms with van der Waals surface area (Å²) in [5, 5.41) is 0. The zero-order chi connectivity index (χ0) is 9.14. The predicted octanol–water partition coefficient (Wildman–Crippen LogP) is 0.502. The van der Waals surface area contributed by atoms with Crippen LogP contribution in [-0.4, -0.2) is 9.56 Å². The predicted molar refractivity (Wildman–Crippen MR) is 52.3 cm³/mol. The summed E-state index contributed by atoms with van der Waals surface area (Å²) in [6.07, 6.45) is 1.71. The summed E-state index contributed by atoms with van der Waals surface area (Å²) in [6.45, 7) is 2.53. The number of rotatable bonds is 2. The minimum atomic E-state index is -0.118. The fourth-order valence-corrected chi connectivity index (χ4v) is 1.13. The summed E-state index contributed by atoms with van der Waals surface area (Å²) in [6, 6.07) is 3.40. The molecule has 0 amide bonds. The molecule has 0 bridgehead atoms. The molecule has 0 saturated heterocycles. The maximum absolute atomic E-state index is 11.4. The molecule has 1 aromatic heterocycles. The summed E-state index contributed by atoms with van der Waals surface area (Å²) in [4.78, 5) is 11.6. The van der Waals surface area contributed by atoms with Gasteiger partial charge >= 0.3 is 0 Å². The van der Waals surface area contributed by atoms with Crippen molar-refractivity contribution in [3.8, 4) is 0 Å². The van der Waals surface area contributed by atoms with Gasteiger partial charge in [-0.3, -0.25) is 4.79 Å². The van der Waals surface area contributed by atoms with Gasteiger partial charge in [-0.15, -0.1) is 0 Å². The van der Waals surface area contributed by atoms with Crippen LogP contribution in [0.1, 0.15) is 12.5 Å². The minimum absolute atomic E-state index is 0.118. The first-order valence-electron chi connectivity index (χ1n) is 3.66. The highest BCUT2D eigenvalue weighted by Crippen LogP contribution is 1.91. The maximum Gasteiger partial charge on any atom is 0.260 e. The summed E-state index contributed by atoms with van der Waals surface area (Å²) in [5.41, 5.74) is 5.65. The zero-order valence-electron chi connectivity index (χ0n) is 6.78. The molecule has 0 aliphatic heterocycles. The molecule has 1 rings (SSSR count). The third-order valence-electron chi connectivity index (χ3n) is 1.63. The lowest BCUT2D eigenvalue weighted by molar-refractivity contribution is 0.726. The molecule has 0 spiro atoms. The molecule has 0 aliphatic rings. The molecule has 0 aromatic carbocycles. The average Bonchev–Trinajstić information content (AvgIpc) is 2.04. The summed E-state index contributed by atoms with van der Waals surface area (Å²) in [7, 11) is 0. The van der Waals surface area contributed by atoms with Crippen LogP contribution >= 0.6 is 12.2 Å². The lowest BCUT2D eigenvalue weighted by Gasteiger charge is -2.02. The second-order valence-electron chi connectivity index (χ2n) is 2.38. The van der Waals surface area contributed by atoms with Crippen LogP contribution in [0.5, 0.6) is 0 Å². The Kier molecular flexibility index (Phi) is 2.60. The van der Waals surface area contributed by atoms with Crippen LogP contribution in [0.15, 0.2) is 23.1 Å². The van der Waals surface area contributed by atoms with Gasteiger partial charge < -0.3 is 10.3 Å². The number of nitrogens with zero attached hydrogens (tertiary/aromatic N) is 1. The Morgan fingerprint density at radius 1 is 1.75 bits per heavy atom. The largest absolute Gasteiger partial charge is 0.389 e. The molecule has 0 aliphatic carbocycles. The molecule has 0 saturated carbocycles. The Hall–Kier alpha value is -1.16. The van der Waals surface area contributed by atoms with Crippen molar-refractivity contribution >= 4 is 17.2 Å². The van der Waals surface area contributed by atoms with E-state index in [1.807, 2.05) is 6.92 Å². The highest BCUT2D eigenvalue weighted by molar-refractivity contribution is 7.80. The van der Waals surface area contributed by atoms with Crippen LogP contribution in [0.4, 0.5) is 0 Å². The van der Waals surface area contributed by atoms with Gasteiger partial charge in [0.25, 0.3) is 5.56 Å². The van der Waals surface area contributed by atoms with Crippen molar-refractivity contribution in [3.05, 3.63) is 34.2 Å². The third-order valence-corrected chi connectivity index (χ3v) is 1.85. The Morgan fingerprint density at radius 2 is 2.42 bits per heavy atom. The van der Waals surface area contributed by atoms with Gasteiger partial charge in [0.2, 0.25) is 0 Å². The monoisotopic (exact) mass is 182 g/mol. The lowest BCUT2D eigenvalue weighted by atomic mass is 10.3. The van der Waals surface area contributed by atoms with Crippen molar-refractivity contribution in [1.29, 1.82) is 0 Å². The van der Waals surface area contributed by atoms with Crippen LogP contribution in [0.25, 0.3) is 0 Å². The molecule has 2 N–H and O–H groups in total. The van der Waals surface area contributed by atoms with Crippen LogP contribution < -0.4 is 11.3 Å². The maximum atomic E-state index is 11.4. The van der Waals surface area contributed by atoms with E-state index in [2.05, 4.69) is 0 Å². The second-order valence-corrected chi connectivity index (χ2v) is 2.82. The van der Waals surface area contributed by atoms with Crippen molar-refractivity contribution in [1.82, 2.24) is 4.57 Å². The minimum Gasteiger partial charge on any atom is -0.389 e. The van der Waals surface area contributed by atoms with Crippen molar-refractivity contribution in [2.45, 2.75) is 13.5 Å². The molecule has 12 heavy (non-hydrogen) atoms. The van der Waals surface area contributed by atoms with E-state index in [4.69, 9.17) is 18.0 Å². The summed E-state index contributed by atoms with van der Waals surface area (Å²) >= 11 is 4.72. The molecule has 0 fully saturated rings. The Morgan fingerprint density at radius 3 is 2.92 bits per heavy atom. The van der Waals surface area contributed by atoms with Crippen molar-refractivity contribution in [2.24, 2.45) is 5.73 Å². The van der Waals surface area contributed by atoms with Gasteiger partial charge in [-0.05, 0) is 19.1 Å². The van der Waals surface area contributed by atoms with Crippen molar-refractivity contribution < 1.29 is 0 Å². The first-order chi connectivity index (χ1) is 5.66. The normalized spacial score (nSPS) is 9.75. The first-order valence-corrected chi connectivity index (χ1v) is 4.07. The van der Waals surface area contributed by atoms with Gasteiger partial charge in [0.1, 0.15) is 4.99 Å². The van der Waals surface area contributed by atoms with E-state index >= 15 is 0 Å². The zero-order valence-corrected chi connectivity index (χ0v) is 7.60. The van der Waals surface area contributed by atoms with Gasteiger partial charge in [0.05, 0.1) is 5.56 Å². The van der Waals surface area contributed by atoms with Crippen LogP contribution in [0.2, 0.25) is 0 Å². The molecular formula is C8H10N2OS. The fourth-order valence-electron chi connectivity index (χ4n) is 0.973. The average molecular weight is 182 g/mol. The molecule has 1 aromatic rings. The van der Waals surface area contributed by atoms with E-state index in [1.54, 1.807) is 22.9 Å². The molecule has 0 unspecified atom stereocenters. The van der Waals surface area contributed by atoms with Gasteiger partial charge in [-0.1, -0.05) is 12.2 Å². The molecule has 0 radical (unpaired) electrons. The van der Waals surface area contributed by atoms with E-state index in [1.165, 1.54) is 0 Å². The van der Waals surface area contributed by atoms with Crippen LogP contribution in [-0.2, 0) is 6.54 Å². The summed E-state index contributed by atoms with van der Waals surface area (Å²) < 4.78 is 1.56. The second kappa shape index (κ2) is 3.49. The Balaban J connectivity index is 3.33. The number of hydrogen-bond donors (Lipinski definition) is 1. The molecule has 64 valence electrons. The first kappa shape index (κ1) is 8.93. The third kappa shape index (κ3) is 1.53. The number of pyridine rings is 1. The van der Waals surface area contributed by atoms with E-state index < -0.39 is 0 Å². The van der Waals surface area contributed by atoms with Gasteiger partial charge in [0, 0.05) is 12.7 Å². The van der Waals surface area contributed by atoms with Crippen molar-refractivity contribution in [2.75, 3.05) is 0 Å². The topological polar surface area (TPSA) is 48.0 Å². The van der Waals surface area contributed by atoms with E-state index in [9.17, 15) is 4.79 Å². The van der Waals surface area contributed by atoms with Gasteiger partial charge in [-0.2, -0.15) is 0 Å². The number of thiocarbonyl (C=S) groups is 1. The molecule has 3 nitrogen and oxygen atoms in total. The molecule has 1 heterocycles. The standard InChI is InChI=1S/C8H10N2OS/c1-2-10-5-3-4-6(7(9)12)8(10)11/h3-5H,2H2,1H3,(H2,9,12). The Labute approximate surface area is 75.8 Å². The highest BCUT2D eigenvalue weighted by Gasteiger charge is 2.02. The SMILES string of the molecule is CCn1cccc(C(N)=S)c1=O. The number of aryl methyl sites for hydroxylation is 1. The highest BCUT2D eigenvalue weighted by atomic mass is 32.1. The van der Waals surface area contributed by atoms with Crippen molar-refractivity contribution in [3.63, 3.8) is 0 Å². The fraction of sp³-hybridized carbons (Fsp3) is 0.250.